The summed E-state index contributed by atoms with van der Waals surface area (Å²) in [6, 6.07) is 7.29. The zero-order valence-electron chi connectivity index (χ0n) is 20.6. The minimum absolute atomic E-state index is 0.0104. The van der Waals surface area contributed by atoms with Crippen LogP contribution < -0.4 is 10.6 Å². The Hall–Kier alpha value is -2.51. The molecule has 1 aliphatic heterocycles. The first-order valence-electron chi connectivity index (χ1n) is 11.6. The SMILES string of the molecule is C=C(NC(=O)[C@@H]1CCCN1C(=O)[C@H](NC(C)C)C(C)(C)C)c1ccc(-c2scnc2C)cc1. The molecule has 2 N–H and O–H groups in total. The Balaban J connectivity index is 1.69. The Morgan fingerprint density at radius 1 is 1.21 bits per heavy atom. The standard InChI is InChI=1S/C26H36N4O2S/c1-16(2)28-23(26(5,6)7)25(32)30-14-8-9-21(30)24(31)29-17(3)19-10-12-20(13-11-19)22-18(4)27-15-33-22/h10-13,15-16,21,23,28H,3,8-9,14H2,1-2,4-7H3,(H,29,31)/t21-,23-/m0/s1. The van der Waals surface area contributed by atoms with Crippen LogP contribution in [0.4, 0.5) is 0 Å². The summed E-state index contributed by atoms with van der Waals surface area (Å²) in [6.45, 7) is 16.9. The number of benzene rings is 1. The Morgan fingerprint density at radius 3 is 2.42 bits per heavy atom. The van der Waals surface area contributed by atoms with Gasteiger partial charge in [0.2, 0.25) is 11.8 Å². The maximum absolute atomic E-state index is 13.4. The largest absolute Gasteiger partial charge is 0.329 e. The van der Waals surface area contributed by atoms with Gasteiger partial charge in [-0.1, -0.05) is 65.5 Å². The zero-order chi connectivity index (χ0) is 24.3. The number of rotatable bonds is 7. The van der Waals surface area contributed by atoms with Crippen molar-refractivity contribution in [3.8, 4) is 10.4 Å². The molecule has 1 aromatic carbocycles. The molecule has 6 nitrogen and oxygen atoms in total. The van der Waals surface area contributed by atoms with E-state index in [0.717, 1.165) is 28.1 Å². The molecule has 2 heterocycles. The van der Waals surface area contributed by atoms with Gasteiger partial charge in [0, 0.05) is 18.3 Å². The molecule has 0 bridgehead atoms. The highest BCUT2D eigenvalue weighted by molar-refractivity contribution is 7.13. The zero-order valence-corrected chi connectivity index (χ0v) is 21.4. The van der Waals surface area contributed by atoms with E-state index in [9.17, 15) is 9.59 Å². The van der Waals surface area contributed by atoms with Gasteiger partial charge in [0.25, 0.3) is 0 Å². The van der Waals surface area contributed by atoms with E-state index in [4.69, 9.17) is 0 Å². The van der Waals surface area contributed by atoms with Crippen LogP contribution >= 0.6 is 11.3 Å². The minimum Gasteiger partial charge on any atom is -0.329 e. The molecule has 0 aliphatic carbocycles. The van der Waals surface area contributed by atoms with Crippen LogP contribution in [0.3, 0.4) is 0 Å². The summed E-state index contributed by atoms with van der Waals surface area (Å²) in [5.74, 6) is -0.186. The molecular formula is C26H36N4O2S. The minimum atomic E-state index is -0.479. The molecule has 178 valence electrons. The van der Waals surface area contributed by atoms with Gasteiger partial charge in [-0.05, 0) is 36.3 Å². The number of hydrogen-bond donors (Lipinski definition) is 2. The highest BCUT2D eigenvalue weighted by Gasteiger charge is 2.41. The summed E-state index contributed by atoms with van der Waals surface area (Å²) in [7, 11) is 0. The van der Waals surface area contributed by atoms with Crippen LogP contribution in [0, 0.1) is 12.3 Å². The third-order valence-corrected chi connectivity index (χ3v) is 6.94. The van der Waals surface area contributed by atoms with Crippen molar-refractivity contribution in [2.24, 2.45) is 5.41 Å². The van der Waals surface area contributed by atoms with Crippen LogP contribution in [0.25, 0.3) is 16.1 Å². The average Bonchev–Trinajstić information content (AvgIpc) is 3.40. The van der Waals surface area contributed by atoms with Gasteiger partial charge >= 0.3 is 0 Å². The van der Waals surface area contributed by atoms with E-state index in [1.54, 1.807) is 16.2 Å². The molecule has 1 fully saturated rings. The maximum Gasteiger partial charge on any atom is 0.247 e. The Labute approximate surface area is 201 Å². The van der Waals surface area contributed by atoms with Gasteiger partial charge in [-0.2, -0.15) is 0 Å². The second-order valence-electron chi connectivity index (χ2n) is 10.1. The topological polar surface area (TPSA) is 74.3 Å². The van der Waals surface area contributed by atoms with Gasteiger partial charge in [-0.15, -0.1) is 11.3 Å². The van der Waals surface area contributed by atoms with Gasteiger partial charge in [-0.3, -0.25) is 9.59 Å². The summed E-state index contributed by atoms with van der Waals surface area (Å²) in [4.78, 5) is 33.8. The molecule has 1 aromatic heterocycles. The van der Waals surface area contributed by atoms with Crippen LogP contribution in [0.15, 0.2) is 36.4 Å². The average molecular weight is 469 g/mol. The lowest BCUT2D eigenvalue weighted by Gasteiger charge is -2.36. The van der Waals surface area contributed by atoms with Gasteiger partial charge < -0.3 is 15.5 Å². The van der Waals surface area contributed by atoms with Crippen molar-refractivity contribution in [1.29, 1.82) is 0 Å². The number of likely N-dealkylation sites (tertiary alicyclic amines) is 1. The number of hydrogen-bond acceptors (Lipinski definition) is 5. The summed E-state index contributed by atoms with van der Waals surface area (Å²) in [5.41, 5.74) is 5.07. The fourth-order valence-electron chi connectivity index (χ4n) is 4.20. The quantitative estimate of drug-likeness (QED) is 0.622. The first kappa shape index (κ1) is 25.1. The lowest BCUT2D eigenvalue weighted by atomic mass is 9.85. The van der Waals surface area contributed by atoms with Crippen molar-refractivity contribution in [2.75, 3.05) is 6.54 Å². The molecule has 0 spiro atoms. The molecule has 7 heteroatoms. The molecule has 0 unspecified atom stereocenters. The predicted octanol–water partition coefficient (Wildman–Crippen LogP) is 4.61. The van der Waals surface area contributed by atoms with Crippen molar-refractivity contribution in [2.45, 2.75) is 72.5 Å². The van der Waals surface area contributed by atoms with Gasteiger partial charge in [0.15, 0.2) is 0 Å². The smallest absolute Gasteiger partial charge is 0.247 e. The molecule has 2 amide bonds. The first-order valence-corrected chi connectivity index (χ1v) is 12.4. The number of aryl methyl sites for hydroxylation is 1. The van der Waals surface area contributed by atoms with E-state index in [1.807, 2.05) is 50.5 Å². The molecule has 1 aliphatic rings. The molecule has 0 radical (unpaired) electrons. The summed E-state index contributed by atoms with van der Waals surface area (Å²) in [6.07, 6.45) is 1.48. The van der Waals surface area contributed by atoms with Crippen molar-refractivity contribution in [3.63, 3.8) is 0 Å². The lowest BCUT2D eigenvalue weighted by Crippen LogP contribution is -2.57. The van der Waals surface area contributed by atoms with E-state index < -0.39 is 6.04 Å². The summed E-state index contributed by atoms with van der Waals surface area (Å²) >= 11 is 1.61. The van der Waals surface area contributed by atoms with Gasteiger partial charge in [-0.25, -0.2) is 4.98 Å². The number of nitrogens with zero attached hydrogens (tertiary/aromatic N) is 2. The highest BCUT2D eigenvalue weighted by Crippen LogP contribution is 2.29. The molecule has 1 saturated heterocycles. The summed E-state index contributed by atoms with van der Waals surface area (Å²) < 4.78 is 0. The van der Waals surface area contributed by atoms with E-state index in [2.05, 4.69) is 43.0 Å². The summed E-state index contributed by atoms with van der Waals surface area (Å²) in [5, 5.41) is 6.35. The Kier molecular flexibility index (Phi) is 7.75. The molecular weight excluding hydrogens is 432 g/mol. The predicted molar refractivity (Wildman–Crippen MR) is 136 cm³/mol. The number of carbonyl (C=O) groups is 2. The fourth-order valence-corrected chi connectivity index (χ4v) is 5.01. The molecule has 2 aromatic rings. The van der Waals surface area contributed by atoms with Crippen molar-refractivity contribution >= 4 is 28.8 Å². The van der Waals surface area contributed by atoms with Crippen LogP contribution in [0.1, 0.15) is 58.7 Å². The van der Waals surface area contributed by atoms with Gasteiger partial charge in [0.05, 0.1) is 22.1 Å². The monoisotopic (exact) mass is 468 g/mol. The van der Waals surface area contributed by atoms with Crippen molar-refractivity contribution < 1.29 is 9.59 Å². The van der Waals surface area contributed by atoms with E-state index in [1.165, 1.54) is 0 Å². The van der Waals surface area contributed by atoms with Gasteiger partial charge in [0.1, 0.15) is 6.04 Å². The van der Waals surface area contributed by atoms with Crippen LogP contribution in [0.2, 0.25) is 0 Å². The Morgan fingerprint density at radius 2 is 1.88 bits per heavy atom. The van der Waals surface area contributed by atoms with Crippen LogP contribution in [-0.4, -0.2) is 46.4 Å². The lowest BCUT2D eigenvalue weighted by molar-refractivity contribution is -0.141. The van der Waals surface area contributed by atoms with E-state index in [0.29, 0.717) is 18.7 Å². The second kappa shape index (κ2) is 10.2. The van der Waals surface area contributed by atoms with E-state index >= 15 is 0 Å². The number of aromatic nitrogens is 1. The third-order valence-electron chi connectivity index (χ3n) is 5.97. The Bertz CT molecular complexity index is 1000. The molecule has 33 heavy (non-hydrogen) atoms. The van der Waals surface area contributed by atoms with E-state index in [-0.39, 0.29) is 29.3 Å². The number of amides is 2. The molecule has 3 rings (SSSR count). The number of carbonyl (C=O) groups excluding carboxylic acids is 2. The molecule has 0 saturated carbocycles. The normalized spacial score (nSPS) is 17.3. The highest BCUT2D eigenvalue weighted by atomic mass is 32.1. The number of nitrogens with one attached hydrogen (secondary N) is 2. The van der Waals surface area contributed by atoms with Crippen LogP contribution in [0.5, 0.6) is 0 Å². The van der Waals surface area contributed by atoms with Crippen molar-refractivity contribution in [3.05, 3.63) is 47.6 Å². The maximum atomic E-state index is 13.4. The van der Waals surface area contributed by atoms with Crippen molar-refractivity contribution in [1.82, 2.24) is 20.5 Å². The molecule has 2 atom stereocenters. The first-order chi connectivity index (χ1) is 15.5. The van der Waals surface area contributed by atoms with Crippen LogP contribution in [-0.2, 0) is 9.59 Å². The fraction of sp³-hybridized carbons (Fsp3) is 0.500. The number of thiazole rings is 1. The third kappa shape index (κ3) is 5.89. The second-order valence-corrected chi connectivity index (χ2v) is 11.0.